The first kappa shape index (κ1) is 12.5. The Morgan fingerprint density at radius 1 is 1.29 bits per heavy atom. The van der Waals surface area contributed by atoms with Crippen LogP contribution >= 0.6 is 0 Å². The van der Waals surface area contributed by atoms with Gasteiger partial charge in [0, 0.05) is 19.6 Å². The van der Waals surface area contributed by atoms with Crippen LogP contribution in [0.15, 0.2) is 0 Å². The Labute approximate surface area is 99.3 Å². The van der Waals surface area contributed by atoms with Gasteiger partial charge in [0.1, 0.15) is 5.60 Å². The van der Waals surface area contributed by atoms with Gasteiger partial charge in [0.15, 0.2) is 0 Å². The van der Waals surface area contributed by atoms with Crippen LogP contribution in [0.2, 0.25) is 0 Å². The molecule has 2 rings (SSSR count). The zero-order valence-corrected chi connectivity index (χ0v) is 10.3. The van der Waals surface area contributed by atoms with Crippen molar-refractivity contribution >= 4 is 6.09 Å². The minimum absolute atomic E-state index is 0.0713. The molecule has 0 aromatic heterocycles. The monoisotopic (exact) mass is 248 g/mol. The second-order valence-corrected chi connectivity index (χ2v) is 5.92. The van der Waals surface area contributed by atoms with Crippen molar-refractivity contribution in [1.29, 1.82) is 0 Å². The molecule has 0 aromatic rings. The first-order valence-corrected chi connectivity index (χ1v) is 5.72. The van der Waals surface area contributed by atoms with E-state index in [0.717, 1.165) is 0 Å². The summed E-state index contributed by atoms with van der Waals surface area (Å²) in [6.45, 7) is 5.38. The van der Waals surface area contributed by atoms with Crippen molar-refractivity contribution < 1.29 is 18.3 Å². The van der Waals surface area contributed by atoms with E-state index in [-0.39, 0.29) is 26.2 Å². The van der Waals surface area contributed by atoms with E-state index >= 15 is 0 Å². The standard InChI is InChI=1S/C11H18F2N2O2/c1-9(2,3)17-8(16)15-6-10(7-15)4-14-5-11(10,12)13/h14H,4-7H2,1-3H3. The van der Waals surface area contributed by atoms with Gasteiger partial charge in [-0.25, -0.2) is 13.6 Å². The number of carbonyl (C=O) groups is 1. The Kier molecular flexibility index (Phi) is 2.61. The number of hydrogen-bond acceptors (Lipinski definition) is 3. The number of amides is 1. The highest BCUT2D eigenvalue weighted by atomic mass is 19.3. The Morgan fingerprint density at radius 3 is 2.29 bits per heavy atom. The van der Waals surface area contributed by atoms with E-state index in [1.807, 2.05) is 0 Å². The van der Waals surface area contributed by atoms with Gasteiger partial charge in [-0.15, -0.1) is 0 Å². The molecule has 6 heteroatoms. The molecule has 2 heterocycles. The third-order valence-electron chi connectivity index (χ3n) is 3.23. The summed E-state index contributed by atoms with van der Waals surface area (Å²) in [5.41, 5.74) is -1.67. The Bertz CT molecular complexity index is 333. The van der Waals surface area contributed by atoms with Gasteiger partial charge in [-0.1, -0.05) is 0 Å². The predicted molar refractivity (Wildman–Crippen MR) is 58.1 cm³/mol. The lowest BCUT2D eigenvalue weighted by atomic mass is 9.76. The summed E-state index contributed by atoms with van der Waals surface area (Å²) in [6, 6.07) is 0. The van der Waals surface area contributed by atoms with Gasteiger partial charge >= 0.3 is 6.09 Å². The zero-order valence-electron chi connectivity index (χ0n) is 10.3. The lowest BCUT2D eigenvalue weighted by Gasteiger charge is -2.49. The molecule has 1 spiro atoms. The number of likely N-dealkylation sites (tertiary alicyclic amines) is 1. The maximum atomic E-state index is 13.6. The van der Waals surface area contributed by atoms with Crippen LogP contribution in [0.25, 0.3) is 0 Å². The summed E-state index contributed by atoms with van der Waals surface area (Å²) < 4.78 is 32.3. The molecule has 2 aliphatic rings. The second kappa shape index (κ2) is 3.54. The van der Waals surface area contributed by atoms with E-state index in [1.165, 1.54) is 4.90 Å². The molecule has 2 fully saturated rings. The van der Waals surface area contributed by atoms with Crippen LogP contribution in [0.4, 0.5) is 13.6 Å². The van der Waals surface area contributed by atoms with E-state index in [1.54, 1.807) is 20.8 Å². The molecular formula is C11H18F2N2O2. The van der Waals surface area contributed by atoms with Gasteiger partial charge in [-0.2, -0.15) is 0 Å². The molecule has 0 aromatic carbocycles. The minimum Gasteiger partial charge on any atom is -0.444 e. The predicted octanol–water partition coefficient (Wildman–Crippen LogP) is 1.46. The normalized spacial score (nSPS) is 25.8. The highest BCUT2D eigenvalue weighted by Gasteiger charge is 2.64. The fourth-order valence-corrected chi connectivity index (χ4v) is 2.26. The smallest absolute Gasteiger partial charge is 0.410 e. The van der Waals surface area contributed by atoms with Crippen LogP contribution in [0.3, 0.4) is 0 Å². The van der Waals surface area contributed by atoms with E-state index in [2.05, 4.69) is 5.32 Å². The quantitative estimate of drug-likeness (QED) is 0.705. The lowest BCUT2D eigenvalue weighted by Crippen LogP contribution is -2.66. The molecule has 0 aliphatic carbocycles. The van der Waals surface area contributed by atoms with Gasteiger partial charge in [0.25, 0.3) is 5.92 Å². The largest absolute Gasteiger partial charge is 0.444 e. The number of halogens is 2. The number of carbonyl (C=O) groups excluding carboxylic acids is 1. The highest BCUT2D eigenvalue weighted by molar-refractivity contribution is 5.69. The van der Waals surface area contributed by atoms with Crippen LogP contribution in [0.1, 0.15) is 20.8 Å². The highest BCUT2D eigenvalue weighted by Crippen LogP contribution is 2.47. The van der Waals surface area contributed by atoms with Crippen molar-refractivity contribution in [2.45, 2.75) is 32.3 Å². The number of nitrogens with zero attached hydrogens (tertiary/aromatic N) is 1. The molecule has 0 saturated carbocycles. The van der Waals surface area contributed by atoms with Crippen molar-refractivity contribution in [2.75, 3.05) is 26.2 Å². The van der Waals surface area contributed by atoms with Crippen LogP contribution in [-0.2, 0) is 4.74 Å². The Morgan fingerprint density at radius 2 is 1.88 bits per heavy atom. The molecule has 0 bridgehead atoms. The summed E-state index contributed by atoms with van der Waals surface area (Å²) >= 11 is 0. The average molecular weight is 248 g/mol. The molecule has 4 nitrogen and oxygen atoms in total. The fraction of sp³-hybridized carbons (Fsp3) is 0.909. The van der Waals surface area contributed by atoms with Gasteiger partial charge < -0.3 is 15.0 Å². The molecular weight excluding hydrogens is 230 g/mol. The summed E-state index contributed by atoms with van der Waals surface area (Å²) in [5.74, 6) is -2.73. The van der Waals surface area contributed by atoms with Crippen molar-refractivity contribution in [1.82, 2.24) is 10.2 Å². The topological polar surface area (TPSA) is 41.6 Å². The number of ether oxygens (including phenoxy) is 1. The van der Waals surface area contributed by atoms with Gasteiger partial charge in [0.05, 0.1) is 12.0 Å². The molecule has 1 amide bonds. The SMILES string of the molecule is CC(C)(C)OC(=O)N1CC2(CNCC2(F)F)C1. The van der Waals surface area contributed by atoms with Crippen LogP contribution < -0.4 is 5.32 Å². The molecule has 0 unspecified atom stereocenters. The molecule has 98 valence electrons. The van der Waals surface area contributed by atoms with Crippen LogP contribution in [0, 0.1) is 5.41 Å². The number of hydrogen-bond donors (Lipinski definition) is 1. The van der Waals surface area contributed by atoms with Crippen molar-refractivity contribution in [3.63, 3.8) is 0 Å². The number of rotatable bonds is 0. The summed E-state index contributed by atoms with van der Waals surface area (Å²) in [7, 11) is 0. The van der Waals surface area contributed by atoms with E-state index in [9.17, 15) is 13.6 Å². The first-order valence-electron chi connectivity index (χ1n) is 5.72. The van der Waals surface area contributed by atoms with Crippen molar-refractivity contribution in [3.05, 3.63) is 0 Å². The van der Waals surface area contributed by atoms with Crippen molar-refractivity contribution in [3.8, 4) is 0 Å². The zero-order chi connectivity index (χ0) is 12.9. The van der Waals surface area contributed by atoms with E-state index in [0.29, 0.717) is 0 Å². The Balaban J connectivity index is 1.93. The summed E-state index contributed by atoms with van der Waals surface area (Å²) in [5, 5.41) is 2.68. The van der Waals surface area contributed by atoms with Crippen molar-refractivity contribution in [2.24, 2.45) is 5.41 Å². The summed E-state index contributed by atoms with van der Waals surface area (Å²) in [4.78, 5) is 13.0. The van der Waals surface area contributed by atoms with Gasteiger partial charge in [-0.3, -0.25) is 0 Å². The Hall–Kier alpha value is -0.910. The molecule has 1 N–H and O–H groups in total. The second-order valence-electron chi connectivity index (χ2n) is 5.92. The third kappa shape index (κ3) is 2.10. The fourth-order valence-electron chi connectivity index (χ4n) is 2.26. The maximum Gasteiger partial charge on any atom is 0.410 e. The molecule has 17 heavy (non-hydrogen) atoms. The molecule has 2 saturated heterocycles. The molecule has 0 atom stereocenters. The molecule has 0 radical (unpaired) electrons. The van der Waals surface area contributed by atoms with Crippen LogP contribution in [-0.4, -0.2) is 48.7 Å². The van der Waals surface area contributed by atoms with Gasteiger partial charge in [0.2, 0.25) is 0 Å². The number of alkyl halides is 2. The first-order chi connectivity index (χ1) is 7.65. The van der Waals surface area contributed by atoms with E-state index in [4.69, 9.17) is 4.74 Å². The third-order valence-corrected chi connectivity index (χ3v) is 3.23. The molecule has 2 aliphatic heterocycles. The minimum atomic E-state index is -2.73. The average Bonchev–Trinajstić information content (AvgIpc) is 2.34. The summed E-state index contributed by atoms with van der Waals surface area (Å²) in [6.07, 6.45) is -0.508. The van der Waals surface area contributed by atoms with Crippen LogP contribution in [0.5, 0.6) is 0 Å². The maximum absolute atomic E-state index is 13.6. The lowest BCUT2D eigenvalue weighted by molar-refractivity contribution is -0.151. The van der Waals surface area contributed by atoms with E-state index < -0.39 is 23.0 Å². The number of nitrogens with one attached hydrogen (secondary N) is 1. The van der Waals surface area contributed by atoms with Gasteiger partial charge in [-0.05, 0) is 20.8 Å².